The first-order valence-electron chi connectivity index (χ1n) is 14.4. The number of nitrogens with zero attached hydrogens (tertiary/aromatic N) is 3. The standard InChI is InChI=1S/C38H21N3S2/c1-2-12-22(13-3-1)33-37-34(27-18-8-11-21-30(27)43-37)40-38(39-33)41-28-19-9-6-16-25(28)32-35(41)24-15-5-4-14-23(24)31-26-17-7-10-20-29(26)42-36(31)32/h1-21H. The van der Waals surface area contributed by atoms with Gasteiger partial charge in [-0.25, -0.2) is 9.97 Å². The summed E-state index contributed by atoms with van der Waals surface area (Å²) in [5.41, 5.74) is 5.35. The monoisotopic (exact) mass is 583 g/mol. The Labute approximate surface area is 253 Å². The van der Waals surface area contributed by atoms with Gasteiger partial charge < -0.3 is 0 Å². The van der Waals surface area contributed by atoms with Crippen LogP contribution >= 0.6 is 22.7 Å². The summed E-state index contributed by atoms with van der Waals surface area (Å²) in [5, 5.41) is 8.77. The molecule has 5 heteroatoms. The van der Waals surface area contributed by atoms with Gasteiger partial charge in [0.2, 0.25) is 5.95 Å². The Morgan fingerprint density at radius 3 is 1.88 bits per heavy atom. The van der Waals surface area contributed by atoms with Crippen molar-refractivity contribution in [1.82, 2.24) is 14.5 Å². The van der Waals surface area contributed by atoms with Crippen molar-refractivity contribution in [2.75, 3.05) is 0 Å². The van der Waals surface area contributed by atoms with Gasteiger partial charge in [-0.1, -0.05) is 109 Å². The molecule has 0 aliphatic rings. The van der Waals surface area contributed by atoms with Crippen molar-refractivity contribution in [1.29, 1.82) is 0 Å². The molecule has 0 aliphatic heterocycles. The highest BCUT2D eigenvalue weighted by Crippen LogP contribution is 2.48. The quantitative estimate of drug-likeness (QED) is 0.203. The van der Waals surface area contributed by atoms with Gasteiger partial charge in [0, 0.05) is 52.0 Å². The molecule has 0 saturated heterocycles. The lowest BCUT2D eigenvalue weighted by Gasteiger charge is -2.12. The summed E-state index contributed by atoms with van der Waals surface area (Å²) in [6.07, 6.45) is 0. The summed E-state index contributed by atoms with van der Waals surface area (Å²) in [6, 6.07) is 45.5. The number of aromatic nitrogens is 3. The van der Waals surface area contributed by atoms with Crippen LogP contribution in [0.4, 0.5) is 0 Å². The third-order valence-corrected chi connectivity index (χ3v) is 11.0. The van der Waals surface area contributed by atoms with Gasteiger partial charge in [-0.05, 0) is 23.6 Å². The zero-order valence-electron chi connectivity index (χ0n) is 22.8. The van der Waals surface area contributed by atoms with Crippen molar-refractivity contribution in [3.05, 3.63) is 127 Å². The molecule has 6 aromatic carbocycles. The Kier molecular flexibility index (Phi) is 4.75. The van der Waals surface area contributed by atoms with Gasteiger partial charge in [0.15, 0.2) is 0 Å². The second kappa shape index (κ2) is 8.71. The first-order chi connectivity index (χ1) is 21.3. The molecule has 3 nitrogen and oxygen atoms in total. The molecule has 0 fully saturated rings. The Hall–Kier alpha value is -5.10. The lowest BCUT2D eigenvalue weighted by molar-refractivity contribution is 1.02. The van der Waals surface area contributed by atoms with E-state index in [1.807, 2.05) is 11.3 Å². The predicted molar refractivity (Wildman–Crippen MR) is 185 cm³/mol. The summed E-state index contributed by atoms with van der Waals surface area (Å²) in [7, 11) is 0. The van der Waals surface area contributed by atoms with E-state index >= 15 is 0 Å². The molecule has 10 aromatic rings. The molecule has 4 aromatic heterocycles. The average Bonchev–Trinajstić information content (AvgIpc) is 3.75. The van der Waals surface area contributed by atoms with Crippen molar-refractivity contribution in [2.45, 2.75) is 0 Å². The first-order valence-corrected chi connectivity index (χ1v) is 16.0. The van der Waals surface area contributed by atoms with Crippen LogP contribution in [0, 0.1) is 0 Å². The molecule has 0 N–H and O–H groups in total. The highest BCUT2D eigenvalue weighted by Gasteiger charge is 2.24. The average molecular weight is 584 g/mol. The molecule has 200 valence electrons. The summed E-state index contributed by atoms with van der Waals surface area (Å²) < 4.78 is 7.28. The van der Waals surface area contributed by atoms with Crippen LogP contribution in [0.3, 0.4) is 0 Å². The molecule has 0 bridgehead atoms. The van der Waals surface area contributed by atoms with Crippen LogP contribution < -0.4 is 0 Å². The van der Waals surface area contributed by atoms with Crippen LogP contribution in [-0.4, -0.2) is 14.5 Å². The topological polar surface area (TPSA) is 30.7 Å². The van der Waals surface area contributed by atoms with Gasteiger partial charge in [0.25, 0.3) is 0 Å². The number of hydrogen-bond donors (Lipinski definition) is 0. The number of benzene rings is 6. The van der Waals surface area contributed by atoms with E-state index in [-0.39, 0.29) is 0 Å². The van der Waals surface area contributed by atoms with Crippen LogP contribution in [0.5, 0.6) is 0 Å². The van der Waals surface area contributed by atoms with E-state index in [9.17, 15) is 0 Å². The van der Waals surface area contributed by atoms with E-state index in [1.54, 1.807) is 11.3 Å². The smallest absolute Gasteiger partial charge is 0.235 e. The maximum Gasteiger partial charge on any atom is 0.235 e. The number of hydrogen-bond acceptors (Lipinski definition) is 4. The maximum absolute atomic E-state index is 5.40. The number of para-hydroxylation sites is 1. The molecule has 0 aliphatic carbocycles. The fraction of sp³-hybridized carbons (Fsp3) is 0. The zero-order chi connectivity index (χ0) is 28.1. The van der Waals surface area contributed by atoms with Crippen molar-refractivity contribution >= 4 is 95.7 Å². The Balaban J connectivity index is 1.45. The van der Waals surface area contributed by atoms with Crippen molar-refractivity contribution < 1.29 is 0 Å². The number of thiophene rings is 2. The Morgan fingerprint density at radius 2 is 1.07 bits per heavy atom. The molecule has 4 heterocycles. The fourth-order valence-corrected chi connectivity index (χ4v) is 9.23. The summed E-state index contributed by atoms with van der Waals surface area (Å²) in [4.78, 5) is 10.8. The Morgan fingerprint density at radius 1 is 0.465 bits per heavy atom. The van der Waals surface area contributed by atoms with E-state index in [1.165, 1.54) is 51.8 Å². The molecule has 10 rings (SSSR count). The molecule has 0 amide bonds. The normalized spacial score (nSPS) is 12.2. The van der Waals surface area contributed by atoms with Gasteiger partial charge >= 0.3 is 0 Å². The lowest BCUT2D eigenvalue weighted by atomic mass is 10.00. The minimum absolute atomic E-state index is 0.701. The molecule has 0 atom stereocenters. The fourth-order valence-electron chi connectivity index (χ4n) is 6.80. The summed E-state index contributed by atoms with van der Waals surface area (Å²) in [5.74, 6) is 0.701. The minimum atomic E-state index is 0.701. The van der Waals surface area contributed by atoms with Crippen LogP contribution in [0.2, 0.25) is 0 Å². The SMILES string of the molecule is c1ccc(-c2nc(-n3c4ccccc4c4c5sc6ccccc6c5c5ccccc5c43)nc3c2sc2ccccc23)cc1. The number of fused-ring (bicyclic) bond motifs is 13. The largest absolute Gasteiger partial charge is 0.277 e. The van der Waals surface area contributed by atoms with Gasteiger partial charge in [0.05, 0.1) is 26.9 Å². The number of rotatable bonds is 2. The summed E-state index contributed by atoms with van der Waals surface area (Å²) >= 11 is 3.65. The van der Waals surface area contributed by atoms with Gasteiger partial charge in [0.1, 0.15) is 0 Å². The van der Waals surface area contributed by atoms with E-state index in [2.05, 4.69) is 132 Å². The first kappa shape index (κ1) is 23.5. The third-order valence-electron chi connectivity index (χ3n) is 8.60. The van der Waals surface area contributed by atoms with Crippen LogP contribution in [0.25, 0.3) is 90.3 Å². The third kappa shape index (κ3) is 3.18. The molecule has 0 radical (unpaired) electrons. The van der Waals surface area contributed by atoms with E-state index in [0.717, 1.165) is 32.5 Å². The molecule has 43 heavy (non-hydrogen) atoms. The zero-order valence-corrected chi connectivity index (χ0v) is 24.4. The predicted octanol–water partition coefficient (Wildman–Crippen LogP) is 11.1. The van der Waals surface area contributed by atoms with Gasteiger partial charge in [-0.15, -0.1) is 22.7 Å². The van der Waals surface area contributed by atoms with Gasteiger partial charge in [-0.3, -0.25) is 4.57 Å². The van der Waals surface area contributed by atoms with Crippen LogP contribution in [0.15, 0.2) is 127 Å². The minimum Gasteiger partial charge on any atom is -0.277 e. The second-order valence-corrected chi connectivity index (χ2v) is 13.0. The molecule has 0 unspecified atom stereocenters. The van der Waals surface area contributed by atoms with Crippen LogP contribution in [0.1, 0.15) is 0 Å². The van der Waals surface area contributed by atoms with Gasteiger partial charge in [-0.2, -0.15) is 0 Å². The summed E-state index contributed by atoms with van der Waals surface area (Å²) in [6.45, 7) is 0. The van der Waals surface area contributed by atoms with E-state index in [0.29, 0.717) is 5.95 Å². The maximum atomic E-state index is 5.40. The van der Waals surface area contributed by atoms with Crippen molar-refractivity contribution in [3.8, 4) is 17.2 Å². The highest BCUT2D eigenvalue weighted by atomic mass is 32.1. The molecule has 0 saturated carbocycles. The lowest BCUT2D eigenvalue weighted by Crippen LogP contribution is -2.03. The molecular weight excluding hydrogens is 563 g/mol. The Bertz CT molecular complexity index is 2730. The van der Waals surface area contributed by atoms with E-state index in [4.69, 9.17) is 9.97 Å². The molecule has 0 spiro atoms. The van der Waals surface area contributed by atoms with Crippen molar-refractivity contribution in [3.63, 3.8) is 0 Å². The second-order valence-electron chi connectivity index (χ2n) is 10.9. The van der Waals surface area contributed by atoms with Crippen LogP contribution in [-0.2, 0) is 0 Å². The molecular formula is C38H21N3S2. The highest BCUT2D eigenvalue weighted by molar-refractivity contribution is 7.27. The van der Waals surface area contributed by atoms with Crippen molar-refractivity contribution in [2.24, 2.45) is 0 Å². The van der Waals surface area contributed by atoms with E-state index < -0.39 is 0 Å².